The van der Waals surface area contributed by atoms with E-state index in [1.54, 1.807) is 29.0 Å². The van der Waals surface area contributed by atoms with Crippen molar-refractivity contribution in [1.82, 2.24) is 9.80 Å². The van der Waals surface area contributed by atoms with Crippen LogP contribution in [0.25, 0.3) is 0 Å². The maximum atomic E-state index is 13.0. The van der Waals surface area contributed by atoms with Crippen molar-refractivity contribution in [3.63, 3.8) is 0 Å². The lowest BCUT2D eigenvalue weighted by Crippen LogP contribution is -2.34. The summed E-state index contributed by atoms with van der Waals surface area (Å²) in [5, 5.41) is 0. The number of likely N-dealkylation sites (tertiary alicyclic amines) is 1. The SMILES string of the molecule is Cc1ccc(CN2C[C@H](C(=O)N(C)Cc3ccc(F)cc3)CC2=O)cc1. The van der Waals surface area contributed by atoms with E-state index in [1.807, 2.05) is 31.2 Å². The van der Waals surface area contributed by atoms with E-state index >= 15 is 0 Å². The number of halogens is 1. The molecule has 2 amide bonds. The molecule has 0 radical (unpaired) electrons. The normalized spacial score (nSPS) is 16.8. The third-order valence-corrected chi connectivity index (χ3v) is 4.77. The summed E-state index contributed by atoms with van der Waals surface area (Å²) in [5.74, 6) is -0.651. The minimum absolute atomic E-state index is 0.0131. The van der Waals surface area contributed by atoms with Crippen LogP contribution in [0, 0.1) is 18.7 Å². The maximum absolute atomic E-state index is 13.0. The standard InChI is InChI=1S/C21H23FN2O2/c1-15-3-5-17(6-4-15)13-24-14-18(11-20(24)25)21(26)23(2)12-16-7-9-19(22)10-8-16/h3-10,18H,11-14H2,1-2H3/t18-/m1/s1. The quantitative estimate of drug-likeness (QED) is 0.828. The number of carbonyl (C=O) groups is 2. The van der Waals surface area contributed by atoms with Crippen molar-refractivity contribution in [1.29, 1.82) is 0 Å². The van der Waals surface area contributed by atoms with E-state index in [0.717, 1.165) is 11.1 Å². The molecule has 1 atom stereocenters. The van der Waals surface area contributed by atoms with E-state index < -0.39 is 0 Å². The summed E-state index contributed by atoms with van der Waals surface area (Å²) in [5.41, 5.74) is 3.11. The highest BCUT2D eigenvalue weighted by molar-refractivity contribution is 5.89. The highest BCUT2D eigenvalue weighted by Gasteiger charge is 2.35. The van der Waals surface area contributed by atoms with Crippen molar-refractivity contribution < 1.29 is 14.0 Å². The third-order valence-electron chi connectivity index (χ3n) is 4.77. The Kier molecular flexibility index (Phi) is 5.35. The molecule has 1 heterocycles. The van der Waals surface area contributed by atoms with Crippen LogP contribution in [-0.2, 0) is 22.7 Å². The Bertz CT molecular complexity index is 787. The second-order valence-electron chi connectivity index (χ2n) is 6.98. The van der Waals surface area contributed by atoms with Crippen LogP contribution in [-0.4, -0.2) is 35.2 Å². The Morgan fingerprint density at radius 3 is 2.38 bits per heavy atom. The first-order chi connectivity index (χ1) is 12.4. The fourth-order valence-electron chi connectivity index (χ4n) is 3.26. The molecule has 2 aromatic carbocycles. The van der Waals surface area contributed by atoms with E-state index in [2.05, 4.69) is 0 Å². The molecule has 5 heteroatoms. The zero-order chi connectivity index (χ0) is 18.7. The highest BCUT2D eigenvalue weighted by Crippen LogP contribution is 2.22. The van der Waals surface area contributed by atoms with Crippen LogP contribution in [0.1, 0.15) is 23.1 Å². The molecule has 4 nitrogen and oxygen atoms in total. The lowest BCUT2D eigenvalue weighted by atomic mass is 10.1. The second-order valence-corrected chi connectivity index (χ2v) is 6.98. The zero-order valence-corrected chi connectivity index (χ0v) is 15.1. The number of benzene rings is 2. The molecule has 3 rings (SSSR count). The highest BCUT2D eigenvalue weighted by atomic mass is 19.1. The molecular weight excluding hydrogens is 331 g/mol. The summed E-state index contributed by atoms with van der Waals surface area (Å²) < 4.78 is 13.0. The summed E-state index contributed by atoms with van der Waals surface area (Å²) in [4.78, 5) is 28.3. The van der Waals surface area contributed by atoms with Gasteiger partial charge in [0, 0.05) is 33.1 Å². The molecule has 1 aliphatic heterocycles. The molecule has 0 aliphatic carbocycles. The third kappa shape index (κ3) is 4.28. The number of nitrogens with zero attached hydrogens (tertiary/aromatic N) is 2. The average Bonchev–Trinajstić information content (AvgIpc) is 2.99. The van der Waals surface area contributed by atoms with Crippen molar-refractivity contribution in [3.8, 4) is 0 Å². The topological polar surface area (TPSA) is 40.6 Å². The van der Waals surface area contributed by atoms with E-state index in [-0.39, 0.29) is 30.0 Å². The predicted molar refractivity (Wildman–Crippen MR) is 97.6 cm³/mol. The fraction of sp³-hybridized carbons (Fsp3) is 0.333. The van der Waals surface area contributed by atoms with Crippen LogP contribution in [0.15, 0.2) is 48.5 Å². The molecule has 0 bridgehead atoms. The van der Waals surface area contributed by atoms with Crippen LogP contribution < -0.4 is 0 Å². The lowest BCUT2D eigenvalue weighted by Gasteiger charge is -2.21. The van der Waals surface area contributed by atoms with Gasteiger partial charge < -0.3 is 9.80 Å². The zero-order valence-electron chi connectivity index (χ0n) is 15.1. The molecule has 26 heavy (non-hydrogen) atoms. The van der Waals surface area contributed by atoms with E-state index in [0.29, 0.717) is 19.6 Å². The Balaban J connectivity index is 1.59. The largest absolute Gasteiger partial charge is 0.341 e. The second kappa shape index (κ2) is 7.68. The number of aryl methyl sites for hydroxylation is 1. The minimum atomic E-state index is -0.321. The van der Waals surface area contributed by atoms with E-state index in [4.69, 9.17) is 0 Å². The van der Waals surface area contributed by atoms with Crippen molar-refractivity contribution in [2.45, 2.75) is 26.4 Å². The lowest BCUT2D eigenvalue weighted by molar-refractivity contribution is -0.135. The first kappa shape index (κ1) is 18.1. The van der Waals surface area contributed by atoms with Gasteiger partial charge in [0.15, 0.2) is 0 Å². The summed E-state index contributed by atoms with van der Waals surface area (Å²) in [6.45, 7) is 3.40. The van der Waals surface area contributed by atoms with Crippen LogP contribution >= 0.6 is 0 Å². The van der Waals surface area contributed by atoms with Gasteiger partial charge in [-0.15, -0.1) is 0 Å². The summed E-state index contributed by atoms with van der Waals surface area (Å²) >= 11 is 0. The van der Waals surface area contributed by atoms with Crippen molar-refractivity contribution in [2.24, 2.45) is 5.92 Å². The Hall–Kier alpha value is -2.69. The van der Waals surface area contributed by atoms with E-state index in [9.17, 15) is 14.0 Å². The smallest absolute Gasteiger partial charge is 0.228 e. The first-order valence-corrected chi connectivity index (χ1v) is 8.75. The molecule has 1 fully saturated rings. The van der Waals surface area contributed by atoms with Gasteiger partial charge in [0.05, 0.1) is 5.92 Å². The summed E-state index contributed by atoms with van der Waals surface area (Å²) in [7, 11) is 1.72. The van der Waals surface area contributed by atoms with Crippen LogP contribution in [0.5, 0.6) is 0 Å². The molecule has 0 unspecified atom stereocenters. The summed E-state index contributed by atoms with van der Waals surface area (Å²) in [6, 6.07) is 14.2. The molecule has 1 saturated heterocycles. The van der Waals surface area contributed by atoms with Gasteiger partial charge in [-0.3, -0.25) is 9.59 Å². The minimum Gasteiger partial charge on any atom is -0.341 e. The number of hydrogen-bond acceptors (Lipinski definition) is 2. The number of hydrogen-bond donors (Lipinski definition) is 0. The molecule has 2 aromatic rings. The summed E-state index contributed by atoms with van der Waals surface area (Å²) in [6.07, 6.45) is 0.248. The van der Waals surface area contributed by atoms with Gasteiger partial charge >= 0.3 is 0 Å². The first-order valence-electron chi connectivity index (χ1n) is 8.75. The van der Waals surface area contributed by atoms with Gasteiger partial charge in [0.25, 0.3) is 0 Å². The monoisotopic (exact) mass is 354 g/mol. The number of carbonyl (C=O) groups excluding carboxylic acids is 2. The van der Waals surface area contributed by atoms with Crippen molar-refractivity contribution >= 4 is 11.8 Å². The van der Waals surface area contributed by atoms with Gasteiger partial charge in [-0.25, -0.2) is 4.39 Å². The van der Waals surface area contributed by atoms with Crippen LogP contribution in [0.4, 0.5) is 4.39 Å². The van der Waals surface area contributed by atoms with E-state index in [1.165, 1.54) is 17.7 Å². The predicted octanol–water partition coefficient (Wildman–Crippen LogP) is 3.14. The Morgan fingerprint density at radius 1 is 1.12 bits per heavy atom. The van der Waals surface area contributed by atoms with Crippen molar-refractivity contribution in [2.75, 3.05) is 13.6 Å². The molecule has 1 aliphatic rings. The van der Waals surface area contributed by atoms with Gasteiger partial charge in [-0.2, -0.15) is 0 Å². The average molecular weight is 354 g/mol. The van der Waals surface area contributed by atoms with Crippen LogP contribution in [0.2, 0.25) is 0 Å². The Morgan fingerprint density at radius 2 is 1.73 bits per heavy atom. The molecular formula is C21H23FN2O2. The molecule has 0 N–H and O–H groups in total. The Labute approximate surface area is 153 Å². The van der Waals surface area contributed by atoms with Gasteiger partial charge in [-0.1, -0.05) is 42.0 Å². The fourth-order valence-corrected chi connectivity index (χ4v) is 3.26. The van der Waals surface area contributed by atoms with Gasteiger partial charge in [0.1, 0.15) is 5.82 Å². The molecule has 0 spiro atoms. The molecule has 136 valence electrons. The number of amides is 2. The number of rotatable bonds is 5. The van der Waals surface area contributed by atoms with Gasteiger partial charge in [-0.05, 0) is 30.2 Å². The molecule has 0 saturated carbocycles. The molecule has 0 aromatic heterocycles. The van der Waals surface area contributed by atoms with Crippen molar-refractivity contribution in [3.05, 3.63) is 71.0 Å². The van der Waals surface area contributed by atoms with Crippen LogP contribution in [0.3, 0.4) is 0 Å². The van der Waals surface area contributed by atoms with Gasteiger partial charge in [0.2, 0.25) is 11.8 Å². The maximum Gasteiger partial charge on any atom is 0.228 e.